The Morgan fingerprint density at radius 1 is 1.05 bits per heavy atom. The van der Waals surface area contributed by atoms with Gasteiger partial charge in [0.15, 0.2) is 0 Å². The third kappa shape index (κ3) is 1.74. The molecule has 1 rings (SSSR count). The van der Waals surface area contributed by atoms with Crippen molar-refractivity contribution in [2.45, 2.75) is 58.3 Å². The van der Waals surface area contributed by atoms with E-state index in [4.69, 9.17) is 0 Å². The van der Waals surface area contributed by atoms with Crippen LogP contribution in [-0.4, -0.2) is 23.3 Å². The molecule has 1 aliphatic heterocycles. The van der Waals surface area contributed by atoms with Gasteiger partial charge in [-0.05, 0) is 32.3 Å². The third-order valence-electron chi connectivity index (χ3n) is 4.35. The molecule has 3 nitrogen and oxygen atoms in total. The molecule has 1 heterocycles. The zero-order chi connectivity index (χ0) is 14.9. The Morgan fingerprint density at radius 2 is 1.58 bits per heavy atom. The van der Waals surface area contributed by atoms with Crippen LogP contribution in [-0.2, 0) is 14.3 Å². The first-order valence-corrected chi connectivity index (χ1v) is 6.58. The molecule has 0 amide bonds. The van der Waals surface area contributed by atoms with Gasteiger partial charge in [0.05, 0.1) is 5.41 Å². The predicted molar refractivity (Wildman–Crippen MR) is 66.9 cm³/mol. The molecule has 0 aromatic carbocycles. The maximum Gasteiger partial charge on any atom is 0.356 e. The van der Waals surface area contributed by atoms with E-state index in [-0.39, 0.29) is 19.3 Å². The second-order valence-electron chi connectivity index (χ2n) is 4.83. The van der Waals surface area contributed by atoms with Gasteiger partial charge in [-0.3, -0.25) is 0 Å². The predicted octanol–water partition coefficient (Wildman–Crippen LogP) is 3.28. The van der Waals surface area contributed by atoms with Gasteiger partial charge < -0.3 is 4.74 Å². The summed E-state index contributed by atoms with van der Waals surface area (Å²) in [6.07, 6.45) is 2.15. The van der Waals surface area contributed by atoms with Gasteiger partial charge in [0.2, 0.25) is 11.3 Å². The molecule has 0 aliphatic carbocycles. The van der Waals surface area contributed by atoms with Crippen LogP contribution >= 0.6 is 0 Å². The van der Waals surface area contributed by atoms with Crippen LogP contribution < -0.4 is 0 Å². The molecular formula is C14H20F2O3. The smallest absolute Gasteiger partial charge is 0.356 e. The van der Waals surface area contributed by atoms with E-state index < -0.39 is 28.7 Å². The maximum atomic E-state index is 15.2. The molecule has 0 saturated carbocycles. The molecule has 108 valence electrons. The number of hydrogen-bond acceptors (Lipinski definition) is 3. The van der Waals surface area contributed by atoms with Gasteiger partial charge in [-0.15, -0.1) is 0 Å². The molecule has 5 heteroatoms. The zero-order valence-corrected chi connectivity index (χ0v) is 11.8. The summed E-state index contributed by atoms with van der Waals surface area (Å²) in [5.41, 5.74) is -6.85. The second kappa shape index (κ2) is 5.02. The number of rotatable bonds is 4. The van der Waals surface area contributed by atoms with Crippen molar-refractivity contribution in [3.05, 3.63) is 12.2 Å². The van der Waals surface area contributed by atoms with Crippen LogP contribution in [0.5, 0.6) is 0 Å². The van der Waals surface area contributed by atoms with Crippen molar-refractivity contribution >= 4 is 11.9 Å². The number of halogens is 2. The van der Waals surface area contributed by atoms with Gasteiger partial charge in [0.1, 0.15) is 0 Å². The van der Waals surface area contributed by atoms with Gasteiger partial charge in [-0.1, -0.05) is 26.8 Å². The fraction of sp³-hybridized carbons (Fsp3) is 0.714. The van der Waals surface area contributed by atoms with Crippen molar-refractivity contribution in [3.63, 3.8) is 0 Å². The molecular weight excluding hydrogens is 254 g/mol. The average Bonchev–Trinajstić information content (AvgIpc) is 2.38. The highest BCUT2D eigenvalue weighted by molar-refractivity contribution is 6.00. The fourth-order valence-electron chi connectivity index (χ4n) is 3.18. The lowest BCUT2D eigenvalue weighted by molar-refractivity contribution is -0.216. The molecule has 1 fully saturated rings. The van der Waals surface area contributed by atoms with Crippen molar-refractivity contribution in [1.82, 2.24) is 0 Å². The third-order valence-corrected chi connectivity index (χ3v) is 4.35. The lowest BCUT2D eigenvalue weighted by Gasteiger charge is -2.51. The number of allylic oxidation sites excluding steroid dienone is 1. The van der Waals surface area contributed by atoms with E-state index in [1.165, 1.54) is 19.9 Å². The number of carbonyl (C=O) groups excluding carboxylic acids is 2. The van der Waals surface area contributed by atoms with Crippen LogP contribution in [0.2, 0.25) is 0 Å². The summed E-state index contributed by atoms with van der Waals surface area (Å²) < 4.78 is 34.6. The summed E-state index contributed by atoms with van der Waals surface area (Å²) in [4.78, 5) is 23.6. The Labute approximate surface area is 112 Å². The van der Waals surface area contributed by atoms with Crippen molar-refractivity contribution < 1.29 is 23.1 Å². The summed E-state index contributed by atoms with van der Waals surface area (Å²) in [6, 6.07) is 0. The van der Waals surface area contributed by atoms with Crippen LogP contribution in [0.3, 0.4) is 0 Å². The maximum absolute atomic E-state index is 15.2. The molecule has 0 spiro atoms. The average molecular weight is 274 g/mol. The fourth-order valence-corrected chi connectivity index (χ4v) is 3.18. The minimum Gasteiger partial charge on any atom is -0.388 e. The first-order valence-electron chi connectivity index (χ1n) is 6.58. The second-order valence-corrected chi connectivity index (χ2v) is 4.83. The van der Waals surface area contributed by atoms with Crippen LogP contribution in [0, 0.1) is 5.41 Å². The van der Waals surface area contributed by atoms with Gasteiger partial charge in [-0.2, -0.15) is 0 Å². The summed E-state index contributed by atoms with van der Waals surface area (Å²) in [5, 5.41) is 0. The Balaban J connectivity index is 3.62. The van der Waals surface area contributed by atoms with Crippen LogP contribution in [0.4, 0.5) is 8.78 Å². The highest BCUT2D eigenvalue weighted by Gasteiger charge is 2.73. The molecule has 0 radical (unpaired) electrons. The lowest BCUT2D eigenvalue weighted by Crippen LogP contribution is -2.68. The first-order chi connectivity index (χ1) is 8.79. The largest absolute Gasteiger partial charge is 0.388 e. The standard InChI is InChI=1S/C14H20F2O3/c1-5-9-14(16)11(18)19-10(17)13(15,8-4)12(14,6-2)7-3/h5,9H,6-8H2,1-4H3/b9-5+. The monoisotopic (exact) mass is 274 g/mol. The molecule has 1 saturated heterocycles. The molecule has 2 atom stereocenters. The summed E-state index contributed by atoms with van der Waals surface area (Å²) in [7, 11) is 0. The zero-order valence-electron chi connectivity index (χ0n) is 11.8. The normalized spacial score (nSPS) is 34.6. The molecule has 0 bridgehead atoms. The number of hydrogen-bond donors (Lipinski definition) is 0. The number of cyclic esters (lactones) is 2. The van der Waals surface area contributed by atoms with Crippen molar-refractivity contribution in [1.29, 1.82) is 0 Å². The van der Waals surface area contributed by atoms with Crippen molar-refractivity contribution in [2.75, 3.05) is 0 Å². The topological polar surface area (TPSA) is 43.4 Å². The van der Waals surface area contributed by atoms with Gasteiger partial charge in [-0.25, -0.2) is 18.4 Å². The Hall–Kier alpha value is -1.26. The van der Waals surface area contributed by atoms with Gasteiger partial charge in [0.25, 0.3) is 0 Å². The van der Waals surface area contributed by atoms with E-state index in [1.807, 2.05) is 0 Å². The Kier molecular flexibility index (Phi) is 4.17. The molecule has 19 heavy (non-hydrogen) atoms. The summed E-state index contributed by atoms with van der Waals surface area (Å²) >= 11 is 0. The van der Waals surface area contributed by atoms with E-state index in [0.717, 1.165) is 6.08 Å². The lowest BCUT2D eigenvalue weighted by atomic mass is 9.57. The minimum absolute atomic E-state index is 0.0233. The van der Waals surface area contributed by atoms with Crippen LogP contribution in [0.25, 0.3) is 0 Å². The van der Waals surface area contributed by atoms with Gasteiger partial charge >= 0.3 is 11.9 Å². The van der Waals surface area contributed by atoms with Crippen molar-refractivity contribution in [3.8, 4) is 0 Å². The molecule has 2 unspecified atom stereocenters. The number of alkyl halides is 2. The highest BCUT2D eigenvalue weighted by Crippen LogP contribution is 2.57. The van der Waals surface area contributed by atoms with E-state index in [0.29, 0.717) is 0 Å². The molecule has 0 aromatic rings. The quantitative estimate of drug-likeness (QED) is 0.449. The Bertz CT molecular complexity index is 415. The molecule has 0 N–H and O–H groups in total. The number of ether oxygens (including phenoxy) is 1. The SMILES string of the molecule is C/C=C/C1(F)C(=O)OC(=O)C(F)(CC)C1(CC)CC. The van der Waals surface area contributed by atoms with Gasteiger partial charge in [0, 0.05) is 0 Å². The summed E-state index contributed by atoms with van der Waals surface area (Å²) in [5.74, 6) is -2.59. The highest BCUT2D eigenvalue weighted by atomic mass is 19.2. The Morgan fingerprint density at radius 3 is 1.95 bits per heavy atom. The van der Waals surface area contributed by atoms with E-state index in [2.05, 4.69) is 4.74 Å². The first kappa shape index (κ1) is 15.8. The number of esters is 2. The van der Waals surface area contributed by atoms with E-state index in [1.54, 1.807) is 13.8 Å². The van der Waals surface area contributed by atoms with Crippen molar-refractivity contribution in [2.24, 2.45) is 5.41 Å². The molecule has 0 aromatic heterocycles. The van der Waals surface area contributed by atoms with Crippen LogP contribution in [0.15, 0.2) is 12.2 Å². The molecule has 1 aliphatic rings. The van der Waals surface area contributed by atoms with Crippen LogP contribution in [0.1, 0.15) is 47.0 Å². The van der Waals surface area contributed by atoms with E-state index >= 15 is 8.78 Å². The minimum atomic E-state index is -2.62. The number of carbonyl (C=O) groups is 2. The summed E-state index contributed by atoms with van der Waals surface area (Å²) in [6.45, 7) is 6.15. The van der Waals surface area contributed by atoms with E-state index in [9.17, 15) is 9.59 Å².